The first-order valence-corrected chi connectivity index (χ1v) is 6.09. The maximum Gasteiger partial charge on any atom is 0.274 e. The Morgan fingerprint density at radius 1 is 1.45 bits per heavy atom. The molecule has 0 aliphatic carbocycles. The summed E-state index contributed by atoms with van der Waals surface area (Å²) in [6, 6.07) is 5.62. The Kier molecular flexibility index (Phi) is 3.71. The predicted molar refractivity (Wildman–Crippen MR) is 76.0 cm³/mol. The van der Waals surface area contributed by atoms with E-state index in [4.69, 9.17) is 5.11 Å². The second kappa shape index (κ2) is 5.30. The fraction of sp³-hybridized carbons (Fsp3) is 0.308. The highest BCUT2D eigenvalue weighted by atomic mass is 16.6. The van der Waals surface area contributed by atoms with Crippen molar-refractivity contribution in [3.8, 4) is 0 Å². The summed E-state index contributed by atoms with van der Waals surface area (Å²) in [5.41, 5.74) is 0.647. The van der Waals surface area contributed by atoms with E-state index in [-0.39, 0.29) is 23.9 Å². The molecule has 0 spiro atoms. The Bertz CT molecular complexity index is 723. The number of non-ortho nitro benzene ring substituents is 1. The fourth-order valence-electron chi connectivity index (χ4n) is 2.00. The lowest BCUT2D eigenvalue weighted by atomic mass is 10.1. The van der Waals surface area contributed by atoms with E-state index in [9.17, 15) is 14.9 Å². The Labute approximate surface area is 114 Å². The molecule has 2 rings (SSSR count). The van der Waals surface area contributed by atoms with Gasteiger partial charge in [-0.15, -0.1) is 0 Å². The highest BCUT2D eigenvalue weighted by Crippen LogP contribution is 2.21. The first-order chi connectivity index (χ1) is 9.43. The van der Waals surface area contributed by atoms with Crippen LogP contribution in [0.1, 0.15) is 6.92 Å². The number of benzene rings is 1. The van der Waals surface area contributed by atoms with Crippen molar-refractivity contribution in [2.45, 2.75) is 13.0 Å². The third-order valence-corrected chi connectivity index (χ3v) is 3.09. The number of nitrogens with one attached hydrogen (secondary N) is 1. The standard InChI is InChI=1S/C13H15N3O4/c1-8(7-17)14-11-6-9-5-10(16(19)20)3-4-12(9)15(2)13(11)18/h3-6,8,14,17H,7H2,1-2H3. The zero-order valence-electron chi connectivity index (χ0n) is 11.2. The summed E-state index contributed by atoms with van der Waals surface area (Å²) < 4.78 is 1.42. The number of nitro groups is 1. The van der Waals surface area contributed by atoms with Crippen molar-refractivity contribution in [2.75, 3.05) is 11.9 Å². The zero-order valence-corrected chi connectivity index (χ0v) is 11.2. The van der Waals surface area contributed by atoms with Crippen LogP contribution in [-0.2, 0) is 7.05 Å². The van der Waals surface area contributed by atoms with Gasteiger partial charge in [0.25, 0.3) is 11.2 Å². The van der Waals surface area contributed by atoms with E-state index in [0.29, 0.717) is 16.6 Å². The van der Waals surface area contributed by atoms with Crippen molar-refractivity contribution in [3.63, 3.8) is 0 Å². The van der Waals surface area contributed by atoms with Crippen LogP contribution in [0.2, 0.25) is 0 Å². The first-order valence-electron chi connectivity index (χ1n) is 6.09. The van der Waals surface area contributed by atoms with Crippen LogP contribution < -0.4 is 10.9 Å². The normalized spacial score (nSPS) is 12.3. The van der Waals surface area contributed by atoms with E-state index in [1.807, 2.05) is 0 Å². The molecule has 1 unspecified atom stereocenters. The SMILES string of the molecule is CC(CO)Nc1cc2cc([N+](=O)[O-])ccc2n(C)c1=O. The number of hydrogen-bond acceptors (Lipinski definition) is 5. The van der Waals surface area contributed by atoms with Crippen LogP contribution in [0.15, 0.2) is 29.1 Å². The van der Waals surface area contributed by atoms with Gasteiger partial charge < -0.3 is 15.0 Å². The molecule has 1 aromatic heterocycles. The predicted octanol–water partition coefficient (Wildman–Crippen LogP) is 1.24. The highest BCUT2D eigenvalue weighted by Gasteiger charge is 2.12. The minimum absolute atomic E-state index is 0.0303. The number of pyridine rings is 1. The maximum absolute atomic E-state index is 12.1. The summed E-state index contributed by atoms with van der Waals surface area (Å²) in [4.78, 5) is 22.5. The molecule has 0 saturated heterocycles. The molecule has 1 heterocycles. The summed E-state index contributed by atoms with van der Waals surface area (Å²) in [5.74, 6) is 0. The van der Waals surface area contributed by atoms with Gasteiger partial charge in [0.15, 0.2) is 0 Å². The van der Waals surface area contributed by atoms with Crippen molar-refractivity contribution in [2.24, 2.45) is 7.05 Å². The number of aliphatic hydroxyl groups excluding tert-OH is 1. The molecule has 0 saturated carbocycles. The van der Waals surface area contributed by atoms with E-state index < -0.39 is 4.92 Å². The molecule has 0 aliphatic rings. The summed E-state index contributed by atoms with van der Waals surface area (Å²) in [6.07, 6.45) is 0. The van der Waals surface area contributed by atoms with Crippen LogP contribution in [0.5, 0.6) is 0 Å². The quantitative estimate of drug-likeness (QED) is 0.647. The Morgan fingerprint density at radius 2 is 2.15 bits per heavy atom. The molecule has 20 heavy (non-hydrogen) atoms. The fourth-order valence-corrected chi connectivity index (χ4v) is 2.00. The zero-order chi connectivity index (χ0) is 14.9. The van der Waals surface area contributed by atoms with E-state index >= 15 is 0 Å². The van der Waals surface area contributed by atoms with E-state index in [1.165, 1.54) is 16.7 Å². The lowest BCUT2D eigenvalue weighted by Crippen LogP contribution is -2.27. The molecule has 0 fully saturated rings. The summed E-state index contributed by atoms with van der Waals surface area (Å²) in [6.45, 7) is 1.62. The largest absolute Gasteiger partial charge is 0.394 e. The van der Waals surface area contributed by atoms with Gasteiger partial charge in [0.2, 0.25) is 0 Å². The molecular weight excluding hydrogens is 262 g/mol. The Hall–Kier alpha value is -2.41. The molecule has 106 valence electrons. The van der Waals surface area contributed by atoms with Gasteiger partial charge in [-0.2, -0.15) is 0 Å². The smallest absolute Gasteiger partial charge is 0.274 e. The van der Waals surface area contributed by atoms with E-state index in [2.05, 4.69) is 5.32 Å². The van der Waals surface area contributed by atoms with Crippen molar-refractivity contribution in [3.05, 3.63) is 44.7 Å². The summed E-state index contributed by atoms with van der Waals surface area (Å²) >= 11 is 0. The van der Waals surface area contributed by atoms with Gasteiger partial charge in [-0.3, -0.25) is 14.9 Å². The number of rotatable bonds is 4. The van der Waals surface area contributed by atoms with Crippen molar-refractivity contribution in [1.82, 2.24) is 4.57 Å². The molecule has 0 radical (unpaired) electrons. The summed E-state index contributed by atoms with van der Waals surface area (Å²) in [7, 11) is 1.60. The molecule has 7 nitrogen and oxygen atoms in total. The Balaban J connectivity index is 2.63. The number of aryl methyl sites for hydroxylation is 1. The number of anilines is 1. The van der Waals surface area contributed by atoms with Crippen LogP contribution in [0.4, 0.5) is 11.4 Å². The van der Waals surface area contributed by atoms with E-state index in [1.54, 1.807) is 26.1 Å². The van der Waals surface area contributed by atoms with Crippen LogP contribution in [0.25, 0.3) is 10.9 Å². The highest BCUT2D eigenvalue weighted by molar-refractivity contribution is 5.84. The molecule has 1 atom stereocenters. The van der Waals surface area contributed by atoms with Gasteiger partial charge in [0.05, 0.1) is 17.0 Å². The number of aromatic nitrogens is 1. The second-order valence-electron chi connectivity index (χ2n) is 4.65. The average Bonchev–Trinajstić information content (AvgIpc) is 2.43. The molecule has 0 bridgehead atoms. The number of nitrogens with zero attached hydrogens (tertiary/aromatic N) is 2. The molecule has 0 aliphatic heterocycles. The summed E-state index contributed by atoms with van der Waals surface area (Å²) in [5, 5.41) is 23.3. The minimum Gasteiger partial charge on any atom is -0.394 e. The Morgan fingerprint density at radius 3 is 2.75 bits per heavy atom. The van der Waals surface area contributed by atoms with Crippen LogP contribution >= 0.6 is 0 Å². The van der Waals surface area contributed by atoms with Crippen LogP contribution in [0.3, 0.4) is 0 Å². The monoisotopic (exact) mass is 277 g/mol. The van der Waals surface area contributed by atoms with Gasteiger partial charge in [-0.05, 0) is 19.1 Å². The van der Waals surface area contributed by atoms with Gasteiger partial charge in [0, 0.05) is 30.6 Å². The third-order valence-electron chi connectivity index (χ3n) is 3.09. The average molecular weight is 277 g/mol. The molecular formula is C13H15N3O4. The van der Waals surface area contributed by atoms with Gasteiger partial charge >= 0.3 is 0 Å². The third kappa shape index (κ3) is 2.48. The maximum atomic E-state index is 12.1. The molecule has 0 amide bonds. The minimum atomic E-state index is -0.478. The van der Waals surface area contributed by atoms with Crippen molar-refractivity contribution >= 4 is 22.3 Å². The van der Waals surface area contributed by atoms with Crippen molar-refractivity contribution < 1.29 is 10.0 Å². The van der Waals surface area contributed by atoms with E-state index in [0.717, 1.165) is 0 Å². The van der Waals surface area contributed by atoms with Crippen molar-refractivity contribution in [1.29, 1.82) is 0 Å². The second-order valence-corrected chi connectivity index (χ2v) is 4.65. The van der Waals surface area contributed by atoms with Gasteiger partial charge in [-0.1, -0.05) is 0 Å². The lowest BCUT2D eigenvalue weighted by Gasteiger charge is -2.14. The number of hydrogen-bond donors (Lipinski definition) is 2. The molecule has 1 aromatic carbocycles. The number of aliphatic hydroxyl groups is 1. The number of nitro benzene ring substituents is 1. The topological polar surface area (TPSA) is 97.4 Å². The van der Waals surface area contributed by atoms with Gasteiger partial charge in [0.1, 0.15) is 5.69 Å². The molecule has 2 N–H and O–H groups in total. The number of fused-ring (bicyclic) bond motifs is 1. The van der Waals surface area contributed by atoms with Gasteiger partial charge in [-0.25, -0.2) is 0 Å². The molecule has 2 aromatic rings. The lowest BCUT2D eigenvalue weighted by molar-refractivity contribution is -0.384. The van der Waals surface area contributed by atoms with Crippen LogP contribution in [0, 0.1) is 10.1 Å². The van der Waals surface area contributed by atoms with Crippen LogP contribution in [-0.4, -0.2) is 27.2 Å². The molecule has 7 heteroatoms. The first kappa shape index (κ1) is 14.0.